The maximum Gasteiger partial charge on any atom is 0.306 e. The van der Waals surface area contributed by atoms with Crippen LogP contribution in [0.2, 0.25) is 10.0 Å². The minimum atomic E-state index is -0.731. The molecule has 4 nitrogen and oxygen atoms in total. The lowest BCUT2D eigenvalue weighted by Gasteiger charge is -2.42. The molecule has 0 radical (unpaired) electrons. The first kappa shape index (κ1) is 17.6. The SMILES string of the molecule is O=C(O)C1CCC(NC(=O)C2(c3ccc(Cl)c(Cl)c3)CCC2)CC1. The molecule has 0 heterocycles. The molecule has 1 aromatic rings. The predicted octanol–water partition coefficient (Wildman–Crippen LogP) is 4.17. The average molecular weight is 370 g/mol. The maximum absolute atomic E-state index is 12.9. The van der Waals surface area contributed by atoms with Crippen LogP contribution in [0.25, 0.3) is 0 Å². The van der Waals surface area contributed by atoms with Crippen LogP contribution in [-0.2, 0) is 15.0 Å². The van der Waals surface area contributed by atoms with E-state index in [1.54, 1.807) is 12.1 Å². The van der Waals surface area contributed by atoms with Gasteiger partial charge in [-0.25, -0.2) is 0 Å². The van der Waals surface area contributed by atoms with Gasteiger partial charge in [0.2, 0.25) is 5.91 Å². The summed E-state index contributed by atoms with van der Waals surface area (Å²) in [4.78, 5) is 24.0. The number of carbonyl (C=O) groups excluding carboxylic acids is 1. The van der Waals surface area contributed by atoms with Crippen LogP contribution in [0.1, 0.15) is 50.5 Å². The van der Waals surface area contributed by atoms with Crippen molar-refractivity contribution in [3.63, 3.8) is 0 Å². The quantitative estimate of drug-likeness (QED) is 0.836. The summed E-state index contributed by atoms with van der Waals surface area (Å²) in [6.07, 6.45) is 5.32. The summed E-state index contributed by atoms with van der Waals surface area (Å²) in [7, 11) is 0. The van der Waals surface area contributed by atoms with Crippen molar-refractivity contribution in [2.45, 2.75) is 56.4 Å². The van der Waals surface area contributed by atoms with Crippen LogP contribution in [0.4, 0.5) is 0 Å². The molecule has 2 fully saturated rings. The van der Waals surface area contributed by atoms with Gasteiger partial charge >= 0.3 is 5.97 Å². The number of hydrogen-bond acceptors (Lipinski definition) is 2. The van der Waals surface area contributed by atoms with Crippen LogP contribution in [0, 0.1) is 5.92 Å². The summed E-state index contributed by atoms with van der Waals surface area (Å²) in [5.74, 6) is -0.970. The Morgan fingerprint density at radius 2 is 1.75 bits per heavy atom. The highest BCUT2D eigenvalue weighted by Gasteiger charge is 2.46. The molecule has 2 aliphatic carbocycles. The highest BCUT2D eigenvalue weighted by atomic mass is 35.5. The molecule has 0 spiro atoms. The largest absolute Gasteiger partial charge is 0.481 e. The third kappa shape index (κ3) is 3.27. The molecule has 0 atom stereocenters. The molecule has 2 saturated carbocycles. The smallest absolute Gasteiger partial charge is 0.306 e. The normalized spacial score (nSPS) is 25.6. The number of nitrogens with one attached hydrogen (secondary N) is 1. The summed E-state index contributed by atoms with van der Waals surface area (Å²) in [6.45, 7) is 0. The van der Waals surface area contributed by atoms with Gasteiger partial charge in [-0.05, 0) is 56.2 Å². The van der Waals surface area contributed by atoms with E-state index in [0.717, 1.165) is 37.7 Å². The molecule has 0 aliphatic heterocycles. The summed E-state index contributed by atoms with van der Waals surface area (Å²) < 4.78 is 0. The predicted molar refractivity (Wildman–Crippen MR) is 93.5 cm³/mol. The number of benzene rings is 1. The molecule has 1 amide bonds. The van der Waals surface area contributed by atoms with E-state index in [2.05, 4.69) is 5.32 Å². The fourth-order valence-electron chi connectivity index (χ4n) is 3.78. The fraction of sp³-hybridized carbons (Fsp3) is 0.556. The lowest BCUT2D eigenvalue weighted by atomic mass is 9.63. The molecule has 0 unspecified atom stereocenters. The Hall–Kier alpha value is -1.26. The summed E-state index contributed by atoms with van der Waals surface area (Å²) in [6, 6.07) is 5.48. The van der Waals surface area contributed by atoms with Crippen LogP contribution in [-0.4, -0.2) is 23.0 Å². The van der Waals surface area contributed by atoms with Gasteiger partial charge in [0.25, 0.3) is 0 Å². The Morgan fingerprint density at radius 3 is 2.25 bits per heavy atom. The molecule has 1 aromatic carbocycles. The Balaban J connectivity index is 1.69. The molecule has 2 N–H and O–H groups in total. The third-order valence-electron chi connectivity index (χ3n) is 5.53. The number of halogens is 2. The Labute approximate surface area is 151 Å². The van der Waals surface area contributed by atoms with E-state index >= 15 is 0 Å². The Kier molecular flexibility index (Phi) is 5.07. The average Bonchev–Trinajstić information content (AvgIpc) is 2.50. The van der Waals surface area contributed by atoms with Crippen LogP contribution < -0.4 is 5.32 Å². The topological polar surface area (TPSA) is 66.4 Å². The van der Waals surface area contributed by atoms with Crippen molar-refractivity contribution in [3.05, 3.63) is 33.8 Å². The van der Waals surface area contributed by atoms with Crippen molar-refractivity contribution in [2.24, 2.45) is 5.92 Å². The van der Waals surface area contributed by atoms with Crippen LogP contribution in [0.15, 0.2) is 18.2 Å². The van der Waals surface area contributed by atoms with Gasteiger partial charge in [0.15, 0.2) is 0 Å². The molecule has 130 valence electrons. The van der Waals surface area contributed by atoms with Gasteiger partial charge in [-0.3, -0.25) is 9.59 Å². The molecule has 3 rings (SSSR count). The van der Waals surface area contributed by atoms with E-state index in [-0.39, 0.29) is 17.9 Å². The molecule has 24 heavy (non-hydrogen) atoms. The van der Waals surface area contributed by atoms with Crippen molar-refractivity contribution < 1.29 is 14.7 Å². The first-order chi connectivity index (χ1) is 11.4. The molecule has 0 bridgehead atoms. The number of carboxylic acids is 1. The minimum absolute atomic E-state index is 0.0333. The van der Waals surface area contributed by atoms with Gasteiger partial charge in [0.1, 0.15) is 0 Å². The molecule has 0 aromatic heterocycles. The third-order valence-corrected chi connectivity index (χ3v) is 6.26. The van der Waals surface area contributed by atoms with Crippen molar-refractivity contribution in [1.82, 2.24) is 5.32 Å². The summed E-state index contributed by atoms with van der Waals surface area (Å²) in [5.41, 5.74) is 0.401. The lowest BCUT2D eigenvalue weighted by Crippen LogP contribution is -2.52. The molecular weight excluding hydrogens is 349 g/mol. The molecular formula is C18H21Cl2NO3. The number of carbonyl (C=O) groups is 2. The van der Waals surface area contributed by atoms with E-state index in [1.807, 2.05) is 6.07 Å². The zero-order valence-corrected chi connectivity index (χ0v) is 14.9. The van der Waals surface area contributed by atoms with Gasteiger partial charge in [0.05, 0.1) is 21.4 Å². The Bertz CT molecular complexity index is 650. The van der Waals surface area contributed by atoms with E-state index in [1.165, 1.54) is 0 Å². The van der Waals surface area contributed by atoms with Gasteiger partial charge in [-0.2, -0.15) is 0 Å². The monoisotopic (exact) mass is 369 g/mol. The number of rotatable bonds is 4. The van der Waals surface area contributed by atoms with E-state index in [0.29, 0.717) is 22.9 Å². The first-order valence-corrected chi connectivity index (χ1v) is 9.17. The second-order valence-corrected chi connectivity index (χ2v) is 7.74. The number of hydrogen-bond donors (Lipinski definition) is 2. The highest BCUT2D eigenvalue weighted by molar-refractivity contribution is 6.42. The zero-order chi connectivity index (χ0) is 17.3. The minimum Gasteiger partial charge on any atom is -0.481 e. The molecule has 6 heteroatoms. The Morgan fingerprint density at radius 1 is 1.08 bits per heavy atom. The van der Waals surface area contributed by atoms with Crippen molar-refractivity contribution in [1.29, 1.82) is 0 Å². The fourth-order valence-corrected chi connectivity index (χ4v) is 4.08. The van der Waals surface area contributed by atoms with Crippen LogP contribution >= 0.6 is 23.2 Å². The van der Waals surface area contributed by atoms with Crippen LogP contribution in [0.5, 0.6) is 0 Å². The lowest BCUT2D eigenvalue weighted by molar-refractivity contribution is -0.142. The van der Waals surface area contributed by atoms with Crippen LogP contribution in [0.3, 0.4) is 0 Å². The molecule has 0 saturated heterocycles. The second kappa shape index (κ2) is 6.93. The summed E-state index contributed by atoms with van der Waals surface area (Å²) >= 11 is 12.1. The van der Waals surface area contributed by atoms with Crippen molar-refractivity contribution >= 4 is 35.1 Å². The first-order valence-electron chi connectivity index (χ1n) is 8.42. The standard InChI is InChI=1S/C18H21Cl2NO3/c19-14-7-4-12(10-15(14)20)18(8-1-9-18)17(24)21-13-5-2-11(3-6-13)16(22)23/h4,7,10-11,13H,1-3,5-6,8-9H2,(H,21,24)(H,22,23). The van der Waals surface area contributed by atoms with Gasteiger partial charge < -0.3 is 10.4 Å². The summed E-state index contributed by atoms with van der Waals surface area (Å²) in [5, 5.41) is 13.2. The van der Waals surface area contributed by atoms with Crippen molar-refractivity contribution in [3.8, 4) is 0 Å². The number of amides is 1. The molecule has 2 aliphatic rings. The second-order valence-electron chi connectivity index (χ2n) is 6.92. The number of carboxylic acid groups (broad SMARTS) is 1. The van der Waals surface area contributed by atoms with Gasteiger partial charge in [0, 0.05) is 6.04 Å². The van der Waals surface area contributed by atoms with E-state index in [4.69, 9.17) is 28.3 Å². The highest BCUT2D eigenvalue weighted by Crippen LogP contribution is 2.45. The van der Waals surface area contributed by atoms with E-state index < -0.39 is 11.4 Å². The van der Waals surface area contributed by atoms with Gasteiger partial charge in [-0.1, -0.05) is 35.7 Å². The number of aliphatic carboxylic acids is 1. The van der Waals surface area contributed by atoms with Gasteiger partial charge in [-0.15, -0.1) is 0 Å². The van der Waals surface area contributed by atoms with E-state index in [9.17, 15) is 9.59 Å². The maximum atomic E-state index is 12.9. The van der Waals surface area contributed by atoms with Crippen molar-refractivity contribution in [2.75, 3.05) is 0 Å². The zero-order valence-electron chi connectivity index (χ0n) is 13.4.